The molecule has 0 spiro atoms. The van der Waals surface area contributed by atoms with Gasteiger partial charge in [-0.2, -0.15) is 4.80 Å². The molecule has 5 nitrogen and oxygen atoms in total. The maximum Gasteiger partial charge on any atom is 0.204 e. The molecule has 0 N–H and O–H groups in total. The number of benzene rings is 2. The normalized spacial score (nSPS) is 10.7. The van der Waals surface area contributed by atoms with Crippen LogP contribution in [0.1, 0.15) is 27.0 Å². The van der Waals surface area contributed by atoms with E-state index in [0.29, 0.717) is 11.4 Å². The molecular weight excluding hydrogens is 288 g/mol. The van der Waals surface area contributed by atoms with E-state index < -0.39 is 0 Å². The summed E-state index contributed by atoms with van der Waals surface area (Å²) in [4.78, 5) is 13.9. The molecule has 0 aliphatic heterocycles. The molecule has 0 saturated carbocycles. The number of aryl methyl sites for hydroxylation is 3. The van der Waals surface area contributed by atoms with Gasteiger partial charge in [-0.25, -0.2) is 0 Å². The van der Waals surface area contributed by atoms with Crippen LogP contribution in [0.2, 0.25) is 0 Å². The number of rotatable bonds is 4. The van der Waals surface area contributed by atoms with Gasteiger partial charge in [0.05, 0.1) is 0 Å². The summed E-state index contributed by atoms with van der Waals surface area (Å²) in [5, 5.41) is 12.3. The molecule has 0 saturated heterocycles. The van der Waals surface area contributed by atoms with Crippen molar-refractivity contribution in [2.75, 3.05) is 0 Å². The summed E-state index contributed by atoms with van der Waals surface area (Å²) < 4.78 is 0. The lowest BCUT2D eigenvalue weighted by atomic mass is 9.98. The highest BCUT2D eigenvalue weighted by atomic mass is 16.1. The molecule has 116 valence electrons. The number of Topliss-reactive ketones (excluding diaryl/α,β-unsaturated/α-hetero) is 1. The molecule has 0 radical (unpaired) electrons. The second kappa shape index (κ2) is 6.12. The van der Waals surface area contributed by atoms with Crippen molar-refractivity contribution in [2.24, 2.45) is 0 Å². The SMILES string of the molecule is Cc1cc(C)c(C(=O)Cn2nnc(-c3ccccc3)n2)cc1C. The molecule has 3 rings (SSSR count). The van der Waals surface area contributed by atoms with E-state index in [4.69, 9.17) is 0 Å². The average Bonchev–Trinajstić information content (AvgIpc) is 3.00. The van der Waals surface area contributed by atoms with Crippen LogP contribution < -0.4 is 0 Å². The Kier molecular flexibility index (Phi) is 4.02. The fourth-order valence-electron chi connectivity index (χ4n) is 2.49. The second-order valence-electron chi connectivity index (χ2n) is 5.68. The summed E-state index contributed by atoms with van der Waals surface area (Å²) in [5.41, 5.74) is 4.86. The van der Waals surface area contributed by atoms with Gasteiger partial charge in [0.25, 0.3) is 0 Å². The molecule has 0 bridgehead atoms. The van der Waals surface area contributed by atoms with Crippen molar-refractivity contribution in [3.63, 3.8) is 0 Å². The highest BCUT2D eigenvalue weighted by Gasteiger charge is 2.14. The van der Waals surface area contributed by atoms with Gasteiger partial charge in [0.15, 0.2) is 5.78 Å². The third-order valence-electron chi connectivity index (χ3n) is 3.91. The number of aromatic nitrogens is 4. The van der Waals surface area contributed by atoms with Gasteiger partial charge in [0.1, 0.15) is 6.54 Å². The van der Waals surface area contributed by atoms with E-state index in [1.54, 1.807) is 0 Å². The molecule has 1 aromatic heterocycles. The van der Waals surface area contributed by atoms with Crippen LogP contribution in [0.25, 0.3) is 11.4 Å². The van der Waals surface area contributed by atoms with Crippen molar-refractivity contribution in [3.05, 3.63) is 64.7 Å². The number of ketones is 1. The number of tetrazole rings is 1. The number of carbonyl (C=O) groups excluding carboxylic acids is 1. The van der Waals surface area contributed by atoms with Crippen LogP contribution in [0.4, 0.5) is 0 Å². The fraction of sp³-hybridized carbons (Fsp3) is 0.222. The maximum atomic E-state index is 12.5. The first kappa shape index (κ1) is 15.1. The van der Waals surface area contributed by atoms with Crippen molar-refractivity contribution < 1.29 is 4.79 Å². The molecule has 5 heteroatoms. The van der Waals surface area contributed by atoms with E-state index >= 15 is 0 Å². The zero-order valence-electron chi connectivity index (χ0n) is 13.4. The lowest BCUT2D eigenvalue weighted by Gasteiger charge is -2.08. The van der Waals surface area contributed by atoms with Gasteiger partial charge >= 0.3 is 0 Å². The summed E-state index contributed by atoms with van der Waals surface area (Å²) in [7, 11) is 0. The van der Waals surface area contributed by atoms with Gasteiger partial charge in [0, 0.05) is 11.1 Å². The summed E-state index contributed by atoms with van der Waals surface area (Å²) in [6.45, 7) is 6.08. The maximum absolute atomic E-state index is 12.5. The summed E-state index contributed by atoms with van der Waals surface area (Å²) in [6.07, 6.45) is 0. The molecule has 1 heterocycles. The third kappa shape index (κ3) is 3.18. The van der Waals surface area contributed by atoms with Crippen molar-refractivity contribution in [3.8, 4) is 11.4 Å². The first-order valence-electron chi connectivity index (χ1n) is 7.49. The number of hydrogen-bond donors (Lipinski definition) is 0. The van der Waals surface area contributed by atoms with Crippen LogP contribution in [0.5, 0.6) is 0 Å². The van der Waals surface area contributed by atoms with Gasteiger partial charge < -0.3 is 0 Å². The Labute approximate surface area is 135 Å². The number of carbonyl (C=O) groups is 1. The molecule has 0 fully saturated rings. The molecule has 0 unspecified atom stereocenters. The monoisotopic (exact) mass is 306 g/mol. The first-order chi connectivity index (χ1) is 11.0. The fourth-order valence-corrected chi connectivity index (χ4v) is 2.49. The van der Waals surface area contributed by atoms with Crippen molar-refractivity contribution in [2.45, 2.75) is 27.3 Å². The summed E-state index contributed by atoms with van der Waals surface area (Å²) in [6, 6.07) is 13.6. The van der Waals surface area contributed by atoms with Gasteiger partial charge in [-0.1, -0.05) is 36.4 Å². The highest BCUT2D eigenvalue weighted by molar-refractivity contribution is 5.97. The van der Waals surface area contributed by atoms with Crippen LogP contribution in [0, 0.1) is 20.8 Å². The molecule has 0 amide bonds. The highest BCUT2D eigenvalue weighted by Crippen LogP contribution is 2.17. The Balaban J connectivity index is 1.82. The van der Waals surface area contributed by atoms with E-state index in [2.05, 4.69) is 15.4 Å². The lowest BCUT2D eigenvalue weighted by Crippen LogP contribution is -2.14. The van der Waals surface area contributed by atoms with Crippen LogP contribution in [-0.4, -0.2) is 26.0 Å². The minimum atomic E-state index is -0.0115. The number of nitrogens with zero attached hydrogens (tertiary/aromatic N) is 4. The van der Waals surface area contributed by atoms with Gasteiger partial charge in [-0.3, -0.25) is 4.79 Å². The van der Waals surface area contributed by atoms with Gasteiger partial charge in [-0.05, 0) is 48.7 Å². The Bertz CT molecular complexity index is 853. The molecule has 23 heavy (non-hydrogen) atoms. The Morgan fingerprint density at radius 2 is 1.70 bits per heavy atom. The molecule has 3 aromatic rings. The number of hydrogen-bond acceptors (Lipinski definition) is 4. The molecule has 0 aliphatic rings. The molecule has 2 aromatic carbocycles. The minimum Gasteiger partial charge on any atom is -0.292 e. The van der Waals surface area contributed by atoms with Crippen LogP contribution >= 0.6 is 0 Å². The quantitative estimate of drug-likeness (QED) is 0.695. The molecule has 0 atom stereocenters. The van der Waals surface area contributed by atoms with Crippen LogP contribution in [0.15, 0.2) is 42.5 Å². The minimum absolute atomic E-state index is 0.0115. The predicted octanol–water partition coefficient (Wildman–Crippen LogP) is 3.15. The largest absolute Gasteiger partial charge is 0.292 e. The molecule has 0 aliphatic carbocycles. The smallest absolute Gasteiger partial charge is 0.204 e. The van der Waals surface area contributed by atoms with Gasteiger partial charge in [0.2, 0.25) is 5.82 Å². The summed E-state index contributed by atoms with van der Waals surface area (Å²) >= 11 is 0. The topological polar surface area (TPSA) is 60.7 Å². The van der Waals surface area contributed by atoms with E-state index in [-0.39, 0.29) is 12.3 Å². The third-order valence-corrected chi connectivity index (χ3v) is 3.91. The zero-order chi connectivity index (χ0) is 16.4. The predicted molar refractivity (Wildman–Crippen MR) is 88.2 cm³/mol. The Morgan fingerprint density at radius 1 is 1.00 bits per heavy atom. The average molecular weight is 306 g/mol. The second-order valence-corrected chi connectivity index (χ2v) is 5.68. The molecular formula is C18H18N4O. The van der Waals surface area contributed by atoms with Gasteiger partial charge in [-0.15, -0.1) is 10.2 Å². The van der Waals surface area contributed by atoms with E-state index in [1.165, 1.54) is 10.4 Å². The Hall–Kier alpha value is -2.82. The Morgan fingerprint density at radius 3 is 2.43 bits per heavy atom. The summed E-state index contributed by atoms with van der Waals surface area (Å²) in [5.74, 6) is 0.512. The lowest BCUT2D eigenvalue weighted by molar-refractivity contribution is 0.0960. The first-order valence-corrected chi connectivity index (χ1v) is 7.49. The van der Waals surface area contributed by atoms with E-state index in [0.717, 1.165) is 16.7 Å². The zero-order valence-corrected chi connectivity index (χ0v) is 13.4. The standard InChI is InChI=1S/C18H18N4O/c1-12-9-14(3)16(10-13(12)2)17(23)11-22-20-18(19-21-22)15-7-5-4-6-8-15/h4-10H,11H2,1-3H3. The van der Waals surface area contributed by atoms with Crippen LogP contribution in [-0.2, 0) is 6.54 Å². The van der Waals surface area contributed by atoms with Crippen molar-refractivity contribution in [1.29, 1.82) is 0 Å². The van der Waals surface area contributed by atoms with Crippen molar-refractivity contribution >= 4 is 5.78 Å². The van der Waals surface area contributed by atoms with Crippen molar-refractivity contribution in [1.82, 2.24) is 20.2 Å². The van der Waals surface area contributed by atoms with Crippen LogP contribution in [0.3, 0.4) is 0 Å². The van der Waals surface area contributed by atoms with E-state index in [1.807, 2.05) is 63.2 Å². The van der Waals surface area contributed by atoms with E-state index in [9.17, 15) is 4.79 Å².